The number of sulfonamides is 2. The number of rotatable bonds is 48. The largest absolute Gasteiger partial charge is 0.391 e. The number of ether oxygens (including phenoxy) is 18. The van der Waals surface area contributed by atoms with Crippen LogP contribution in [0.1, 0.15) is 112 Å². The Hall–Kier alpha value is -9.30. The molecule has 0 aliphatic carbocycles. The van der Waals surface area contributed by atoms with Crippen LogP contribution in [0, 0.1) is 23.7 Å². The van der Waals surface area contributed by atoms with Gasteiger partial charge in [0.1, 0.15) is 73.1 Å². The normalized spacial score (nSPS) is 28.1. The van der Waals surface area contributed by atoms with Crippen molar-refractivity contribution in [1.29, 1.82) is 0 Å². The molecule has 28 heteroatoms. The Bertz CT molecular complexity index is 5830. The molecule has 5 aliphatic rings. The number of benzene rings is 11. The Kier molecular flexibility index (Phi) is 38.8. The molecule has 2 N–H and O–H groups in total. The molecule has 0 saturated carbocycles. The Morgan fingerprint density at radius 2 is 0.549 bits per heavy atom. The summed E-state index contributed by atoms with van der Waals surface area (Å²) in [5, 5.41) is -0.421. The summed E-state index contributed by atoms with van der Waals surface area (Å²) in [7, 11) is -12.1. The molecule has 5 heterocycles. The van der Waals surface area contributed by atoms with Gasteiger partial charge >= 0.3 is 0 Å². The Morgan fingerprint density at radius 3 is 0.938 bits per heavy atom. The summed E-state index contributed by atoms with van der Waals surface area (Å²) in [4.78, 5) is -0.140. The third-order valence-corrected chi connectivity index (χ3v) is 35.6. The lowest BCUT2D eigenvalue weighted by Gasteiger charge is -2.53. The fraction of sp³-hybridized carbons (Fsp3) is 0.431. The second kappa shape index (κ2) is 52.0. The van der Waals surface area contributed by atoms with Gasteiger partial charge in [-0.2, -0.15) is 0 Å². The maximum atomic E-state index is 16.2. The van der Waals surface area contributed by atoms with Crippen LogP contribution in [0.25, 0.3) is 0 Å². The van der Waals surface area contributed by atoms with E-state index in [-0.39, 0.29) is 100 Å². The third-order valence-electron chi connectivity index (χ3n) is 28.2. The number of hydrogen-bond donors (Lipinski definition) is 2. The fourth-order valence-corrected chi connectivity index (χ4v) is 22.5. The predicted octanol–water partition coefficient (Wildman–Crippen LogP) is 19.6. The van der Waals surface area contributed by atoms with Gasteiger partial charge in [-0.05, 0) is 105 Å². The third kappa shape index (κ3) is 29.0. The van der Waals surface area contributed by atoms with Gasteiger partial charge in [-0.15, -0.1) is 0 Å². The average Bonchev–Trinajstić information content (AvgIpc) is 0.759. The highest BCUT2D eigenvalue weighted by Gasteiger charge is 2.60. The Morgan fingerprint density at radius 1 is 0.264 bits per heavy atom. The molecule has 25 nitrogen and oxygen atoms in total. The van der Waals surface area contributed by atoms with Gasteiger partial charge in [0, 0.05) is 17.8 Å². The molecule has 5 aliphatic heterocycles. The van der Waals surface area contributed by atoms with Crippen molar-refractivity contribution in [3.05, 3.63) is 384 Å². The van der Waals surface area contributed by atoms with E-state index in [1.165, 1.54) is 24.3 Å². The van der Waals surface area contributed by atoms with Crippen LogP contribution in [0.4, 0.5) is 0 Å². The molecule has 0 bridgehead atoms. The van der Waals surface area contributed by atoms with E-state index in [0.29, 0.717) is 25.4 Å². The lowest BCUT2D eigenvalue weighted by atomic mass is 9.84. The first-order valence-corrected chi connectivity index (χ1v) is 56.2. The first-order valence-electron chi connectivity index (χ1n) is 50.3. The van der Waals surface area contributed by atoms with Crippen molar-refractivity contribution < 1.29 is 107 Å². The van der Waals surface area contributed by atoms with Crippen LogP contribution in [0.5, 0.6) is 0 Å². The van der Waals surface area contributed by atoms with Crippen LogP contribution in [-0.2, 0) is 169 Å². The van der Waals surface area contributed by atoms with E-state index >= 15 is 16.8 Å². The number of nitrogens with one attached hydrogen (secondary N) is 2. The van der Waals surface area contributed by atoms with Crippen LogP contribution >= 0.6 is 0 Å². The monoisotopic (exact) mass is 2020 g/mol. The smallest absolute Gasteiger partial charge is 0.241 e. The topological polar surface area (TPSA) is 268 Å². The van der Waals surface area contributed by atoms with Gasteiger partial charge in [0.25, 0.3) is 0 Å². The molecule has 144 heavy (non-hydrogen) atoms. The summed E-state index contributed by atoms with van der Waals surface area (Å²) in [6.07, 6.45) is -21.8. The van der Waals surface area contributed by atoms with Crippen LogP contribution < -0.4 is 9.44 Å². The summed E-state index contributed by atoms with van der Waals surface area (Å²) in [6.45, 7) is 21.5. The minimum Gasteiger partial charge on any atom is -0.391 e. The van der Waals surface area contributed by atoms with Crippen LogP contribution in [0.15, 0.2) is 343 Å². The Balaban J connectivity index is 0.861. The lowest BCUT2D eigenvalue weighted by molar-refractivity contribution is -0.389. The van der Waals surface area contributed by atoms with Crippen LogP contribution in [0.2, 0.25) is 18.1 Å². The highest BCUT2D eigenvalue weighted by atomic mass is 32.2. The minimum atomic E-state index is -4.73. The molecule has 0 amide bonds. The van der Waals surface area contributed by atoms with Crippen molar-refractivity contribution in [2.24, 2.45) is 23.7 Å². The van der Waals surface area contributed by atoms with Crippen molar-refractivity contribution in [3.8, 4) is 0 Å². The van der Waals surface area contributed by atoms with Crippen molar-refractivity contribution >= 4 is 28.4 Å². The minimum absolute atomic E-state index is 0.0258. The van der Waals surface area contributed by atoms with Crippen molar-refractivity contribution in [1.82, 2.24) is 9.44 Å². The maximum absolute atomic E-state index is 16.2. The second-order valence-electron chi connectivity index (χ2n) is 39.6. The van der Waals surface area contributed by atoms with E-state index in [1.54, 1.807) is 36.4 Å². The van der Waals surface area contributed by atoms with E-state index in [4.69, 9.17) is 89.7 Å². The lowest BCUT2D eigenvalue weighted by Crippen LogP contribution is -2.71. The molecule has 11 aromatic rings. The quantitative estimate of drug-likeness (QED) is 0.0336. The molecule has 11 aromatic carbocycles. The summed E-state index contributed by atoms with van der Waals surface area (Å²) in [6, 6.07) is 101. The molecule has 16 rings (SSSR count). The summed E-state index contributed by atoms with van der Waals surface area (Å²) < 4.78 is 211. The van der Waals surface area contributed by atoms with E-state index < -0.39 is 168 Å². The SMILES string of the molecule is CCC1O[C@H](O[Si](C)(C)C(C)(C)C)C(NS(=O)(=O)c2ccccc2)[C@H](OCc2ccccc2)[C@@H]1O[C@@H]1OC(COCc2ccccc2)[C@@H](O[C@@H]2OC(CO[C@H]3OC(COCc4ccccc4)[C@@H](OCc4ccccc4)[C@H](C)C3C)[C@@H](OCc3ccccc3)[C@H](O[C@H]3O[C@@H](COCc4ccccc4)[C@@H](C)C(OCc4ccccc4)C3C)C2OCc2ccccc2)[C@@H](OCc2ccccc2)C1NS(=O)(=O)c1ccccc1. The zero-order valence-corrected chi connectivity index (χ0v) is 86.4. The fourth-order valence-electron chi connectivity index (χ4n) is 18.9. The van der Waals surface area contributed by atoms with Crippen molar-refractivity contribution in [3.63, 3.8) is 0 Å². The van der Waals surface area contributed by atoms with Crippen LogP contribution in [0.3, 0.4) is 0 Å². The Labute approximate surface area is 851 Å². The molecule has 768 valence electrons. The summed E-state index contributed by atoms with van der Waals surface area (Å²) in [5.74, 6) is -1.32. The van der Waals surface area contributed by atoms with Crippen molar-refractivity contribution in [2.45, 2.75) is 278 Å². The van der Waals surface area contributed by atoms with Crippen LogP contribution in [-0.4, -0.2) is 181 Å². The molecule has 5 saturated heterocycles. The molecule has 10 unspecified atom stereocenters. The first kappa shape index (κ1) is 107. The maximum Gasteiger partial charge on any atom is 0.241 e. The van der Waals surface area contributed by atoms with E-state index in [9.17, 15) is 0 Å². The standard InChI is InChI=1S/C116H140N2O23S2Si/c1-11-95-105(108(130-74-91-59-37-19-38-60-91)101(114(133-95)141-144(9,10)116(6,7)8)118-143(121,122)94-65-43-22-44-66-94)138-113-100(117-142(119,120)93-63-41-21-42-64-93)107(129-73-90-57-35-18-36-58-90)106(98(136-113)78-125-69-86-49-27-14-28-50-86)139-115-110(131-75-92-61-39-20-40-62-92)109(140-112-83(5)102(126-70-87-51-29-15-30-52-87)82(4)96(134-112)76-123-67-84-45-23-12-24-46-84)104(128-72-89-55-33-17-34-56-89)99(137-115)79-132-111-81(3)80(2)103(127-71-88-53-31-16-32-54-88)97(135-111)77-124-68-85-47-25-13-26-48-85/h12-66,80-83,95-115,117-118H,11,67-79H2,1-10H3/t80-,81?,82-,83?,95?,96+,97?,98?,99?,100?,101?,102?,103+,104-,105-,106-,107+,108+,109+,110?,111+,112-,113+,114-,115+/m1/s1. The highest BCUT2D eigenvalue weighted by molar-refractivity contribution is 7.89. The predicted molar refractivity (Wildman–Crippen MR) is 549 cm³/mol. The number of hydrogen-bond acceptors (Lipinski definition) is 23. The highest BCUT2D eigenvalue weighted by Crippen LogP contribution is 2.46. The molecule has 0 radical (unpaired) electrons. The van der Waals surface area contributed by atoms with Gasteiger partial charge in [-0.1, -0.05) is 365 Å². The van der Waals surface area contributed by atoms with Crippen molar-refractivity contribution in [2.75, 3.05) is 26.4 Å². The van der Waals surface area contributed by atoms with Gasteiger partial charge in [-0.25, -0.2) is 26.3 Å². The van der Waals surface area contributed by atoms with E-state index in [2.05, 4.69) is 71.0 Å². The first-order chi connectivity index (χ1) is 69.9. The zero-order valence-electron chi connectivity index (χ0n) is 83.8. The molecule has 25 atom stereocenters. The molecule has 0 aromatic heterocycles. The van der Waals surface area contributed by atoms with Gasteiger partial charge < -0.3 is 89.7 Å². The summed E-state index contributed by atoms with van der Waals surface area (Å²) in [5.41, 5.74) is 7.81. The van der Waals surface area contributed by atoms with E-state index in [1.807, 2.05) is 280 Å². The molecular formula is C116H140N2O23S2Si. The van der Waals surface area contributed by atoms with Gasteiger partial charge in [0.05, 0.1) is 120 Å². The average molecular weight is 2020 g/mol. The molecular weight excluding hydrogens is 1880 g/mol. The molecule has 0 spiro atoms. The zero-order chi connectivity index (χ0) is 100. The van der Waals surface area contributed by atoms with Gasteiger partial charge in [0.2, 0.25) is 20.0 Å². The van der Waals surface area contributed by atoms with E-state index in [0.717, 1.165) is 44.5 Å². The molecule has 5 fully saturated rings. The van der Waals surface area contributed by atoms with Gasteiger partial charge in [0.15, 0.2) is 39.8 Å². The van der Waals surface area contributed by atoms with Gasteiger partial charge in [-0.3, -0.25) is 0 Å². The second-order valence-corrected chi connectivity index (χ2v) is 47.7. The summed E-state index contributed by atoms with van der Waals surface area (Å²) >= 11 is 0.